The third-order valence-corrected chi connectivity index (χ3v) is 2.55. The van der Waals surface area contributed by atoms with Gasteiger partial charge in [-0.25, -0.2) is 4.79 Å². The van der Waals surface area contributed by atoms with Crippen LogP contribution in [0.5, 0.6) is 5.75 Å². The molecule has 1 rings (SSSR count). The number of nitrogens with one attached hydrogen (secondary N) is 2. The van der Waals surface area contributed by atoms with Crippen LogP contribution in [0.4, 0.5) is 10.5 Å². The van der Waals surface area contributed by atoms with Crippen molar-refractivity contribution in [3.05, 3.63) is 23.8 Å². The van der Waals surface area contributed by atoms with E-state index in [-0.39, 0.29) is 6.61 Å². The largest absolute Gasteiger partial charge is 0.494 e. The van der Waals surface area contributed by atoms with E-state index in [0.717, 1.165) is 0 Å². The van der Waals surface area contributed by atoms with Crippen LogP contribution in [-0.4, -0.2) is 29.7 Å². The smallest absolute Gasteiger partial charge is 0.312 e. The summed E-state index contributed by atoms with van der Waals surface area (Å²) in [6.07, 6.45) is 0. The highest BCUT2D eigenvalue weighted by Gasteiger charge is 2.14. The van der Waals surface area contributed by atoms with Crippen molar-refractivity contribution >= 4 is 17.6 Å². The van der Waals surface area contributed by atoms with E-state index in [1.54, 1.807) is 18.2 Å². The van der Waals surface area contributed by atoms with E-state index in [4.69, 9.17) is 10.5 Å². The lowest BCUT2D eigenvalue weighted by atomic mass is 10.1. The van der Waals surface area contributed by atoms with Crippen LogP contribution in [0.3, 0.4) is 0 Å². The molecule has 0 aliphatic carbocycles. The third kappa shape index (κ3) is 4.43. The van der Waals surface area contributed by atoms with Gasteiger partial charge in [0.1, 0.15) is 11.8 Å². The lowest BCUT2D eigenvalue weighted by molar-refractivity contribution is -0.117. The van der Waals surface area contributed by atoms with Crippen LogP contribution in [0.2, 0.25) is 0 Å². The Morgan fingerprint density at radius 1 is 1.45 bits per heavy atom. The molecule has 1 aromatic rings. The minimum absolute atomic E-state index is 0.200. The molecule has 7 nitrogen and oxygen atoms in total. The molecule has 0 fully saturated rings. The van der Waals surface area contributed by atoms with E-state index in [9.17, 15) is 14.7 Å². The van der Waals surface area contributed by atoms with Crippen molar-refractivity contribution < 1.29 is 19.4 Å². The minimum Gasteiger partial charge on any atom is -0.494 e. The first-order chi connectivity index (χ1) is 9.47. The fourth-order valence-electron chi connectivity index (χ4n) is 1.61. The molecular formula is C13H19N3O4. The van der Waals surface area contributed by atoms with Gasteiger partial charge in [-0.1, -0.05) is 0 Å². The van der Waals surface area contributed by atoms with Crippen molar-refractivity contribution in [1.82, 2.24) is 5.32 Å². The van der Waals surface area contributed by atoms with Gasteiger partial charge in [-0.2, -0.15) is 0 Å². The molecule has 1 atom stereocenters. The Labute approximate surface area is 117 Å². The number of hydrogen-bond acceptors (Lipinski definition) is 4. The molecule has 3 amide bonds. The number of aliphatic hydroxyl groups is 1. The fourth-order valence-corrected chi connectivity index (χ4v) is 1.61. The number of carbonyl (C=O) groups is 2. The number of primary amides is 1. The summed E-state index contributed by atoms with van der Waals surface area (Å²) in [6.45, 7) is 3.64. The van der Waals surface area contributed by atoms with Crippen molar-refractivity contribution in [3.63, 3.8) is 0 Å². The number of carbonyl (C=O) groups excluding carboxylic acids is 2. The first-order valence-corrected chi connectivity index (χ1v) is 6.21. The SMILES string of the molecule is CCOc1ccc(NC(=O)C(C)NC(N)=O)cc1CO. The van der Waals surface area contributed by atoms with Crippen LogP contribution in [0, 0.1) is 0 Å². The van der Waals surface area contributed by atoms with Gasteiger partial charge in [-0.3, -0.25) is 4.79 Å². The number of benzene rings is 1. The monoisotopic (exact) mass is 281 g/mol. The maximum absolute atomic E-state index is 11.8. The van der Waals surface area contributed by atoms with Crippen molar-refractivity contribution in [2.75, 3.05) is 11.9 Å². The zero-order valence-electron chi connectivity index (χ0n) is 11.5. The fraction of sp³-hybridized carbons (Fsp3) is 0.385. The summed E-state index contributed by atoms with van der Waals surface area (Å²) in [7, 11) is 0. The van der Waals surface area contributed by atoms with Gasteiger partial charge in [0.05, 0.1) is 13.2 Å². The summed E-state index contributed by atoms with van der Waals surface area (Å²) in [5.74, 6) is 0.160. The Morgan fingerprint density at radius 3 is 2.70 bits per heavy atom. The molecule has 0 saturated carbocycles. The van der Waals surface area contributed by atoms with E-state index in [0.29, 0.717) is 23.6 Å². The molecular weight excluding hydrogens is 262 g/mol. The van der Waals surface area contributed by atoms with Gasteiger partial charge in [0.2, 0.25) is 5.91 Å². The summed E-state index contributed by atoms with van der Waals surface area (Å²) in [5, 5.41) is 14.2. The van der Waals surface area contributed by atoms with E-state index in [2.05, 4.69) is 10.6 Å². The molecule has 0 aliphatic rings. The normalized spacial score (nSPS) is 11.6. The first kappa shape index (κ1) is 15.8. The molecule has 1 aromatic carbocycles. The van der Waals surface area contributed by atoms with Crippen LogP contribution in [0.15, 0.2) is 18.2 Å². The van der Waals surface area contributed by atoms with Crippen molar-refractivity contribution in [3.8, 4) is 5.75 Å². The van der Waals surface area contributed by atoms with Crippen molar-refractivity contribution in [2.45, 2.75) is 26.5 Å². The predicted octanol–water partition coefficient (Wildman–Crippen LogP) is 0.573. The molecule has 7 heteroatoms. The minimum atomic E-state index is -0.768. The maximum atomic E-state index is 11.8. The zero-order valence-corrected chi connectivity index (χ0v) is 11.5. The standard InChI is InChI=1S/C13H19N3O4/c1-3-20-11-5-4-10(6-9(11)7-17)16-12(18)8(2)15-13(14)19/h4-6,8,17H,3,7H2,1-2H3,(H,16,18)(H3,14,15,19). The Morgan fingerprint density at radius 2 is 2.15 bits per heavy atom. The van der Waals surface area contributed by atoms with Crippen LogP contribution in [0.25, 0.3) is 0 Å². The molecule has 110 valence electrons. The number of nitrogens with two attached hydrogens (primary N) is 1. The molecule has 5 N–H and O–H groups in total. The van der Waals surface area contributed by atoms with Crippen molar-refractivity contribution in [2.24, 2.45) is 5.73 Å². The van der Waals surface area contributed by atoms with Crippen LogP contribution in [0.1, 0.15) is 19.4 Å². The average Bonchev–Trinajstić information content (AvgIpc) is 2.39. The third-order valence-electron chi connectivity index (χ3n) is 2.55. The molecule has 0 radical (unpaired) electrons. The number of rotatable bonds is 6. The highest BCUT2D eigenvalue weighted by molar-refractivity contribution is 5.96. The second-order valence-corrected chi connectivity index (χ2v) is 4.13. The van der Waals surface area contributed by atoms with Gasteiger partial charge in [-0.15, -0.1) is 0 Å². The number of anilines is 1. The van der Waals surface area contributed by atoms with Gasteiger partial charge in [0, 0.05) is 11.3 Å². The molecule has 20 heavy (non-hydrogen) atoms. The zero-order chi connectivity index (χ0) is 15.1. The molecule has 0 saturated heterocycles. The Hall–Kier alpha value is -2.28. The number of hydrogen-bond donors (Lipinski definition) is 4. The summed E-state index contributed by atoms with van der Waals surface area (Å²) < 4.78 is 5.34. The number of ether oxygens (including phenoxy) is 1. The number of urea groups is 1. The molecule has 0 aromatic heterocycles. The predicted molar refractivity (Wildman–Crippen MR) is 74.3 cm³/mol. The van der Waals surface area contributed by atoms with Crippen LogP contribution < -0.4 is 21.1 Å². The topological polar surface area (TPSA) is 114 Å². The molecule has 0 spiro atoms. The molecule has 0 aliphatic heterocycles. The van der Waals surface area contributed by atoms with Gasteiger partial charge >= 0.3 is 6.03 Å². The molecule has 0 bridgehead atoms. The summed E-state index contributed by atoms with van der Waals surface area (Å²) in [4.78, 5) is 22.4. The van der Waals surface area contributed by atoms with E-state index < -0.39 is 18.0 Å². The van der Waals surface area contributed by atoms with Gasteiger partial charge < -0.3 is 26.2 Å². The van der Waals surface area contributed by atoms with Gasteiger partial charge in [-0.05, 0) is 32.0 Å². The number of aliphatic hydroxyl groups excluding tert-OH is 1. The molecule has 1 unspecified atom stereocenters. The first-order valence-electron chi connectivity index (χ1n) is 6.21. The van der Waals surface area contributed by atoms with E-state index >= 15 is 0 Å². The Bertz CT molecular complexity index is 491. The average molecular weight is 281 g/mol. The van der Waals surface area contributed by atoms with Crippen LogP contribution >= 0.6 is 0 Å². The Balaban J connectivity index is 2.77. The number of amides is 3. The quantitative estimate of drug-likeness (QED) is 0.610. The lowest BCUT2D eigenvalue weighted by Gasteiger charge is -2.14. The summed E-state index contributed by atoms with van der Waals surface area (Å²) in [5.41, 5.74) is 6.01. The highest BCUT2D eigenvalue weighted by atomic mass is 16.5. The van der Waals surface area contributed by atoms with Gasteiger partial charge in [0.25, 0.3) is 0 Å². The van der Waals surface area contributed by atoms with Gasteiger partial charge in [0.15, 0.2) is 0 Å². The second kappa shape index (κ2) is 7.34. The summed E-state index contributed by atoms with van der Waals surface area (Å²) in [6, 6.07) is 3.41. The maximum Gasteiger partial charge on any atom is 0.312 e. The molecule has 0 heterocycles. The summed E-state index contributed by atoms with van der Waals surface area (Å²) >= 11 is 0. The van der Waals surface area contributed by atoms with E-state index in [1.165, 1.54) is 6.92 Å². The van der Waals surface area contributed by atoms with Crippen molar-refractivity contribution in [1.29, 1.82) is 0 Å². The lowest BCUT2D eigenvalue weighted by Crippen LogP contribution is -2.44. The van der Waals surface area contributed by atoms with Crippen LogP contribution in [-0.2, 0) is 11.4 Å². The second-order valence-electron chi connectivity index (χ2n) is 4.13. The Kier molecular flexibility index (Phi) is 5.79. The van der Waals surface area contributed by atoms with E-state index in [1.807, 2.05) is 6.92 Å². The highest BCUT2D eigenvalue weighted by Crippen LogP contribution is 2.23.